The van der Waals surface area contributed by atoms with E-state index in [-0.39, 0.29) is 0 Å². The largest absolute Gasteiger partial charge is 0.497 e. The number of hydrogen-bond donors (Lipinski definition) is 0. The fourth-order valence-corrected chi connectivity index (χ4v) is 1.73. The van der Waals surface area contributed by atoms with Crippen molar-refractivity contribution in [3.8, 4) is 17.6 Å². The van der Waals surface area contributed by atoms with Gasteiger partial charge in [0.15, 0.2) is 0 Å². The maximum absolute atomic E-state index is 8.92. The molecular formula is C14H15N3O2. The van der Waals surface area contributed by atoms with Gasteiger partial charge >= 0.3 is 0 Å². The number of ether oxygens (including phenoxy) is 2. The van der Waals surface area contributed by atoms with E-state index in [4.69, 9.17) is 14.7 Å². The normalized spacial score (nSPS) is 9.95. The molecule has 0 fully saturated rings. The van der Waals surface area contributed by atoms with Gasteiger partial charge in [-0.1, -0.05) is 0 Å². The number of hydrogen-bond acceptors (Lipinski definition) is 4. The lowest BCUT2D eigenvalue weighted by atomic mass is 10.2. The van der Waals surface area contributed by atoms with Crippen molar-refractivity contribution in [2.45, 2.75) is 6.42 Å². The van der Waals surface area contributed by atoms with Gasteiger partial charge in [-0.05, 0) is 17.7 Å². The summed E-state index contributed by atoms with van der Waals surface area (Å²) in [4.78, 5) is 0. The zero-order chi connectivity index (χ0) is 13.7. The second-order valence-electron chi connectivity index (χ2n) is 4.13. The maximum atomic E-state index is 8.92. The van der Waals surface area contributed by atoms with Crippen LogP contribution in [0, 0.1) is 11.3 Å². The first-order valence-corrected chi connectivity index (χ1v) is 5.91. The Bertz CT molecular complexity index is 599. The molecule has 19 heavy (non-hydrogen) atoms. The van der Waals surface area contributed by atoms with Crippen molar-refractivity contribution in [3.63, 3.8) is 0 Å². The molecule has 2 rings (SSSR count). The third kappa shape index (κ3) is 3.49. The molecule has 5 nitrogen and oxygen atoms in total. The number of rotatable bonds is 5. The van der Waals surface area contributed by atoms with Gasteiger partial charge in [0.05, 0.1) is 31.5 Å². The van der Waals surface area contributed by atoms with Gasteiger partial charge in [-0.2, -0.15) is 10.4 Å². The van der Waals surface area contributed by atoms with Crippen molar-refractivity contribution < 1.29 is 9.47 Å². The highest BCUT2D eigenvalue weighted by Gasteiger charge is 2.03. The van der Waals surface area contributed by atoms with Gasteiger partial charge in [0.25, 0.3) is 0 Å². The molecule has 5 heteroatoms. The van der Waals surface area contributed by atoms with Crippen LogP contribution in [0.25, 0.3) is 0 Å². The molecule has 0 unspecified atom stereocenters. The number of nitrogens with zero attached hydrogens (tertiary/aromatic N) is 3. The molecule has 98 valence electrons. The molecule has 1 heterocycles. The summed E-state index contributed by atoms with van der Waals surface area (Å²) in [6, 6.07) is 7.22. The lowest BCUT2D eigenvalue weighted by molar-refractivity contribution is 0.319. The van der Waals surface area contributed by atoms with Crippen LogP contribution >= 0.6 is 0 Å². The third-order valence-corrected chi connectivity index (χ3v) is 2.66. The van der Waals surface area contributed by atoms with Crippen molar-refractivity contribution in [2.75, 3.05) is 13.7 Å². The van der Waals surface area contributed by atoms with E-state index in [0.29, 0.717) is 23.7 Å². The molecule has 1 aromatic heterocycles. The van der Waals surface area contributed by atoms with Crippen molar-refractivity contribution in [1.29, 1.82) is 5.26 Å². The van der Waals surface area contributed by atoms with Gasteiger partial charge in [-0.3, -0.25) is 4.68 Å². The highest BCUT2D eigenvalue weighted by molar-refractivity contribution is 5.43. The van der Waals surface area contributed by atoms with Gasteiger partial charge in [0.1, 0.15) is 11.5 Å². The SMILES string of the molecule is COc1cc(C#N)cc(OCCc2cnn(C)c2)c1. The lowest BCUT2D eigenvalue weighted by Crippen LogP contribution is -2.01. The van der Waals surface area contributed by atoms with Crippen molar-refractivity contribution in [3.05, 3.63) is 41.7 Å². The van der Waals surface area contributed by atoms with E-state index in [1.54, 1.807) is 30.0 Å². The molecule has 0 spiro atoms. The summed E-state index contributed by atoms with van der Waals surface area (Å²) >= 11 is 0. The van der Waals surface area contributed by atoms with E-state index in [1.165, 1.54) is 0 Å². The van der Waals surface area contributed by atoms with Gasteiger partial charge in [0, 0.05) is 25.7 Å². The molecular weight excluding hydrogens is 242 g/mol. The smallest absolute Gasteiger partial charge is 0.124 e. The Balaban J connectivity index is 1.97. The number of aromatic nitrogens is 2. The average molecular weight is 257 g/mol. The second-order valence-corrected chi connectivity index (χ2v) is 4.13. The highest BCUT2D eigenvalue weighted by Crippen LogP contribution is 2.22. The minimum atomic E-state index is 0.524. The minimum absolute atomic E-state index is 0.524. The maximum Gasteiger partial charge on any atom is 0.124 e. The first-order chi connectivity index (χ1) is 9.21. The third-order valence-electron chi connectivity index (χ3n) is 2.66. The summed E-state index contributed by atoms with van der Waals surface area (Å²) in [6.45, 7) is 0.531. The highest BCUT2D eigenvalue weighted by atomic mass is 16.5. The summed E-state index contributed by atoms with van der Waals surface area (Å²) in [5, 5.41) is 13.0. The molecule has 0 bridgehead atoms. The van der Waals surface area contributed by atoms with Crippen LogP contribution in [0.5, 0.6) is 11.5 Å². The Labute approximate surface area is 112 Å². The van der Waals surface area contributed by atoms with Crippen LogP contribution in [0.4, 0.5) is 0 Å². The van der Waals surface area contributed by atoms with Crippen LogP contribution in [0.2, 0.25) is 0 Å². The summed E-state index contributed by atoms with van der Waals surface area (Å²) < 4.78 is 12.5. The molecule has 0 amide bonds. The van der Waals surface area contributed by atoms with E-state index in [9.17, 15) is 0 Å². The monoisotopic (exact) mass is 257 g/mol. The molecule has 0 saturated heterocycles. The van der Waals surface area contributed by atoms with E-state index >= 15 is 0 Å². The molecule has 0 N–H and O–H groups in total. The molecule has 0 aliphatic carbocycles. The summed E-state index contributed by atoms with van der Waals surface area (Å²) in [7, 11) is 3.45. The van der Waals surface area contributed by atoms with Crippen molar-refractivity contribution in [1.82, 2.24) is 9.78 Å². The Hall–Kier alpha value is -2.48. The van der Waals surface area contributed by atoms with Crippen molar-refractivity contribution >= 4 is 0 Å². The fraction of sp³-hybridized carbons (Fsp3) is 0.286. The van der Waals surface area contributed by atoms with Crippen LogP contribution in [0.1, 0.15) is 11.1 Å². The predicted octanol–water partition coefficient (Wildman–Crippen LogP) is 1.92. The van der Waals surface area contributed by atoms with Crippen LogP contribution < -0.4 is 9.47 Å². The van der Waals surface area contributed by atoms with Crippen LogP contribution in [-0.2, 0) is 13.5 Å². The van der Waals surface area contributed by atoms with Crippen molar-refractivity contribution in [2.24, 2.45) is 7.05 Å². The number of aryl methyl sites for hydroxylation is 1. The molecule has 1 aromatic carbocycles. The number of nitriles is 1. The molecule has 0 saturated carbocycles. The molecule has 0 radical (unpaired) electrons. The van der Waals surface area contributed by atoms with Gasteiger partial charge in [0.2, 0.25) is 0 Å². The first kappa shape index (κ1) is 13.0. The zero-order valence-corrected chi connectivity index (χ0v) is 11.0. The van der Waals surface area contributed by atoms with Gasteiger partial charge < -0.3 is 9.47 Å². The van der Waals surface area contributed by atoms with E-state index in [0.717, 1.165) is 12.0 Å². The molecule has 0 aliphatic heterocycles. The molecule has 0 atom stereocenters. The van der Waals surface area contributed by atoms with Crippen LogP contribution in [0.3, 0.4) is 0 Å². The Kier molecular flexibility index (Phi) is 4.04. The zero-order valence-electron chi connectivity index (χ0n) is 11.0. The minimum Gasteiger partial charge on any atom is -0.497 e. The standard InChI is InChI=1S/C14H15N3O2/c1-17-10-11(9-16-17)3-4-19-14-6-12(8-15)5-13(7-14)18-2/h5-7,9-10H,3-4H2,1-2H3. The Morgan fingerprint density at radius 1 is 1.32 bits per heavy atom. The van der Waals surface area contributed by atoms with Crippen LogP contribution in [0.15, 0.2) is 30.6 Å². The number of methoxy groups -OCH3 is 1. The van der Waals surface area contributed by atoms with Gasteiger partial charge in [-0.25, -0.2) is 0 Å². The average Bonchev–Trinajstić information content (AvgIpc) is 2.84. The molecule has 0 aliphatic rings. The van der Waals surface area contributed by atoms with E-state index in [2.05, 4.69) is 11.2 Å². The fourth-order valence-electron chi connectivity index (χ4n) is 1.73. The Morgan fingerprint density at radius 2 is 2.11 bits per heavy atom. The lowest BCUT2D eigenvalue weighted by Gasteiger charge is -2.07. The summed E-state index contributed by atoms with van der Waals surface area (Å²) in [6.07, 6.45) is 4.54. The van der Waals surface area contributed by atoms with E-state index in [1.807, 2.05) is 19.4 Å². The Morgan fingerprint density at radius 3 is 2.74 bits per heavy atom. The predicted molar refractivity (Wildman–Crippen MR) is 70.1 cm³/mol. The topological polar surface area (TPSA) is 60.1 Å². The van der Waals surface area contributed by atoms with Crippen LogP contribution in [-0.4, -0.2) is 23.5 Å². The van der Waals surface area contributed by atoms with Gasteiger partial charge in [-0.15, -0.1) is 0 Å². The number of benzene rings is 1. The second kappa shape index (κ2) is 5.91. The summed E-state index contributed by atoms with van der Waals surface area (Å²) in [5.74, 6) is 1.26. The molecule has 2 aromatic rings. The first-order valence-electron chi connectivity index (χ1n) is 5.91. The quantitative estimate of drug-likeness (QED) is 0.821. The van der Waals surface area contributed by atoms with E-state index < -0.39 is 0 Å². The summed E-state index contributed by atoms with van der Waals surface area (Å²) in [5.41, 5.74) is 1.64.